The van der Waals surface area contributed by atoms with Crippen LogP contribution in [0, 0.1) is 5.92 Å². The van der Waals surface area contributed by atoms with Crippen LogP contribution in [0.3, 0.4) is 0 Å². The molecule has 0 aromatic heterocycles. The monoisotopic (exact) mass is 290 g/mol. The molecule has 0 bridgehead atoms. The minimum Gasteiger partial charge on any atom is -0.380 e. The second-order valence-electron chi connectivity index (χ2n) is 5.94. The van der Waals surface area contributed by atoms with Gasteiger partial charge in [0.25, 0.3) is 5.91 Å². The van der Waals surface area contributed by atoms with Crippen molar-refractivity contribution in [2.75, 3.05) is 33.3 Å². The fourth-order valence-corrected chi connectivity index (χ4v) is 2.89. The Morgan fingerprint density at radius 1 is 1.48 bits per heavy atom. The Kier molecular flexibility index (Phi) is 6.21. The van der Waals surface area contributed by atoms with Crippen molar-refractivity contribution in [1.29, 1.82) is 0 Å². The molecule has 1 fully saturated rings. The molecule has 4 nitrogen and oxygen atoms in total. The molecule has 116 valence electrons. The van der Waals surface area contributed by atoms with E-state index in [-0.39, 0.29) is 5.91 Å². The molecule has 1 heterocycles. The van der Waals surface area contributed by atoms with Crippen LogP contribution in [0.5, 0.6) is 0 Å². The predicted octanol–water partition coefficient (Wildman–Crippen LogP) is 2.29. The van der Waals surface area contributed by atoms with Gasteiger partial charge in [-0.2, -0.15) is 0 Å². The normalized spacial score (nSPS) is 19.4. The summed E-state index contributed by atoms with van der Waals surface area (Å²) in [5.41, 5.74) is 1.73. The van der Waals surface area contributed by atoms with Crippen LogP contribution in [0.2, 0.25) is 0 Å². The van der Waals surface area contributed by atoms with Gasteiger partial charge in [0.1, 0.15) is 0 Å². The Morgan fingerprint density at radius 2 is 2.33 bits per heavy atom. The summed E-state index contributed by atoms with van der Waals surface area (Å²) in [7, 11) is 1.66. The average molecular weight is 290 g/mol. The van der Waals surface area contributed by atoms with Gasteiger partial charge in [0.05, 0.1) is 6.61 Å². The minimum atomic E-state index is -0.00184. The summed E-state index contributed by atoms with van der Waals surface area (Å²) < 4.78 is 5.09. The zero-order valence-electron chi connectivity index (χ0n) is 13.1. The van der Waals surface area contributed by atoms with Crippen molar-refractivity contribution in [3.8, 4) is 0 Å². The number of carbonyl (C=O) groups excluding carboxylic acids is 1. The number of amides is 1. The number of benzene rings is 1. The van der Waals surface area contributed by atoms with E-state index in [2.05, 4.69) is 17.1 Å². The molecule has 1 atom stereocenters. The molecule has 0 unspecified atom stereocenters. The maximum atomic E-state index is 12.1. The van der Waals surface area contributed by atoms with Gasteiger partial charge in [-0.3, -0.25) is 4.79 Å². The summed E-state index contributed by atoms with van der Waals surface area (Å²) in [5, 5.41) is 3.01. The quantitative estimate of drug-likeness (QED) is 0.874. The molecule has 0 spiro atoms. The highest BCUT2D eigenvalue weighted by Gasteiger charge is 2.15. The van der Waals surface area contributed by atoms with Gasteiger partial charge in [-0.15, -0.1) is 0 Å². The first-order chi connectivity index (χ1) is 10.2. The Hall–Kier alpha value is -1.39. The van der Waals surface area contributed by atoms with Crippen molar-refractivity contribution in [2.24, 2.45) is 5.92 Å². The molecule has 1 aromatic rings. The molecular weight excluding hydrogens is 264 g/mol. The predicted molar refractivity (Wildman–Crippen MR) is 84.3 cm³/mol. The number of likely N-dealkylation sites (tertiary alicyclic amines) is 1. The third-order valence-electron chi connectivity index (χ3n) is 3.95. The summed E-state index contributed by atoms with van der Waals surface area (Å²) in [4.78, 5) is 14.6. The number of methoxy groups -OCH3 is 1. The molecule has 1 aliphatic heterocycles. The van der Waals surface area contributed by atoms with Gasteiger partial charge in [-0.1, -0.05) is 19.1 Å². The van der Waals surface area contributed by atoms with Crippen molar-refractivity contribution in [2.45, 2.75) is 26.4 Å². The lowest BCUT2D eigenvalue weighted by molar-refractivity contribution is 0.0943. The van der Waals surface area contributed by atoms with E-state index < -0.39 is 0 Å². The first kappa shape index (κ1) is 16.0. The molecule has 1 N–H and O–H groups in total. The summed E-state index contributed by atoms with van der Waals surface area (Å²) in [6.07, 6.45) is 2.60. The van der Waals surface area contributed by atoms with E-state index in [1.165, 1.54) is 12.8 Å². The van der Waals surface area contributed by atoms with E-state index >= 15 is 0 Å². The molecule has 0 aliphatic carbocycles. The minimum absolute atomic E-state index is 0.00184. The van der Waals surface area contributed by atoms with E-state index in [9.17, 15) is 4.79 Å². The number of hydrogen-bond acceptors (Lipinski definition) is 3. The van der Waals surface area contributed by atoms with Crippen molar-refractivity contribution in [3.63, 3.8) is 0 Å². The van der Waals surface area contributed by atoms with Crippen LogP contribution >= 0.6 is 0 Å². The molecular formula is C17H26N2O2. The van der Waals surface area contributed by atoms with Crippen LogP contribution in [-0.4, -0.2) is 44.1 Å². The van der Waals surface area contributed by atoms with Gasteiger partial charge in [0, 0.05) is 32.3 Å². The molecule has 2 rings (SSSR count). The zero-order chi connectivity index (χ0) is 15.1. The number of nitrogens with one attached hydrogen (secondary N) is 1. The lowest BCUT2D eigenvalue weighted by Gasteiger charge is -2.30. The highest BCUT2D eigenvalue weighted by Crippen LogP contribution is 2.14. The van der Waals surface area contributed by atoms with E-state index in [0.29, 0.717) is 18.7 Å². The highest BCUT2D eigenvalue weighted by molar-refractivity contribution is 5.94. The summed E-state index contributed by atoms with van der Waals surface area (Å²) in [5.74, 6) is 0.776. The second-order valence-corrected chi connectivity index (χ2v) is 5.94. The van der Waals surface area contributed by atoms with Crippen LogP contribution in [-0.2, 0) is 11.3 Å². The molecule has 1 amide bonds. The fraction of sp³-hybridized carbons (Fsp3) is 0.588. The van der Waals surface area contributed by atoms with Crippen molar-refractivity contribution in [1.82, 2.24) is 10.2 Å². The summed E-state index contributed by atoms with van der Waals surface area (Å²) in [6.45, 7) is 6.79. The topological polar surface area (TPSA) is 41.6 Å². The van der Waals surface area contributed by atoms with E-state index in [1.807, 2.05) is 24.3 Å². The molecule has 4 heteroatoms. The van der Waals surface area contributed by atoms with Gasteiger partial charge >= 0.3 is 0 Å². The Morgan fingerprint density at radius 3 is 3.10 bits per heavy atom. The maximum Gasteiger partial charge on any atom is 0.251 e. The number of nitrogens with zero attached hydrogens (tertiary/aromatic N) is 1. The van der Waals surface area contributed by atoms with Crippen molar-refractivity contribution in [3.05, 3.63) is 35.4 Å². The van der Waals surface area contributed by atoms with Gasteiger partial charge in [-0.05, 0) is 43.0 Å². The smallest absolute Gasteiger partial charge is 0.251 e. The molecule has 1 saturated heterocycles. The van der Waals surface area contributed by atoms with Crippen LogP contribution in [0.4, 0.5) is 0 Å². The van der Waals surface area contributed by atoms with Gasteiger partial charge in [0.2, 0.25) is 0 Å². The summed E-state index contributed by atoms with van der Waals surface area (Å²) in [6, 6.07) is 7.60. The van der Waals surface area contributed by atoms with E-state index in [0.717, 1.165) is 31.1 Å². The van der Waals surface area contributed by atoms with E-state index in [4.69, 9.17) is 4.74 Å². The number of carbonyl (C=O) groups is 1. The first-order valence-corrected chi connectivity index (χ1v) is 7.77. The van der Waals surface area contributed by atoms with E-state index in [1.54, 1.807) is 7.11 Å². The third kappa shape index (κ3) is 5.14. The Labute approximate surface area is 127 Å². The average Bonchev–Trinajstić information content (AvgIpc) is 2.48. The highest BCUT2D eigenvalue weighted by atomic mass is 16.5. The number of piperidine rings is 1. The number of hydrogen-bond donors (Lipinski definition) is 1. The van der Waals surface area contributed by atoms with Gasteiger partial charge < -0.3 is 15.0 Å². The van der Waals surface area contributed by atoms with Gasteiger partial charge in [-0.25, -0.2) is 0 Å². The molecule has 0 radical (unpaired) electrons. The standard InChI is InChI=1S/C17H26N2O2/c1-14-5-4-9-19(12-14)10-8-18-17(20)16-7-3-6-15(11-16)13-21-2/h3,6-7,11,14H,4-5,8-10,12-13H2,1-2H3,(H,18,20)/t14-/m1/s1. The lowest BCUT2D eigenvalue weighted by atomic mass is 10.0. The molecule has 1 aliphatic rings. The fourth-order valence-electron chi connectivity index (χ4n) is 2.89. The molecule has 0 saturated carbocycles. The molecule has 1 aromatic carbocycles. The van der Waals surface area contributed by atoms with Crippen molar-refractivity contribution < 1.29 is 9.53 Å². The Balaban J connectivity index is 1.77. The number of rotatable bonds is 6. The lowest BCUT2D eigenvalue weighted by Crippen LogP contribution is -2.40. The number of ether oxygens (including phenoxy) is 1. The Bertz CT molecular complexity index is 462. The van der Waals surface area contributed by atoms with Crippen LogP contribution in [0.1, 0.15) is 35.7 Å². The second kappa shape index (κ2) is 8.15. The van der Waals surface area contributed by atoms with Crippen LogP contribution in [0.25, 0.3) is 0 Å². The molecule has 21 heavy (non-hydrogen) atoms. The third-order valence-corrected chi connectivity index (χ3v) is 3.95. The van der Waals surface area contributed by atoms with Crippen molar-refractivity contribution >= 4 is 5.91 Å². The first-order valence-electron chi connectivity index (χ1n) is 7.77. The van der Waals surface area contributed by atoms with Crippen LogP contribution < -0.4 is 5.32 Å². The summed E-state index contributed by atoms with van der Waals surface area (Å²) >= 11 is 0. The SMILES string of the molecule is COCc1cccc(C(=O)NCCN2CCC[C@@H](C)C2)c1. The van der Waals surface area contributed by atoms with Crippen LogP contribution in [0.15, 0.2) is 24.3 Å². The maximum absolute atomic E-state index is 12.1. The van der Waals surface area contributed by atoms with Gasteiger partial charge in [0.15, 0.2) is 0 Å². The largest absolute Gasteiger partial charge is 0.380 e. The zero-order valence-corrected chi connectivity index (χ0v) is 13.1.